The van der Waals surface area contributed by atoms with Crippen LogP contribution in [0.2, 0.25) is 0 Å². The minimum absolute atomic E-state index is 0.00448. The number of anilines is 1. The van der Waals surface area contributed by atoms with E-state index in [1.807, 2.05) is 36.1 Å². The lowest BCUT2D eigenvalue weighted by Crippen LogP contribution is -2.33. The van der Waals surface area contributed by atoms with E-state index in [-0.39, 0.29) is 21.7 Å². The van der Waals surface area contributed by atoms with Crippen LogP contribution in [0.5, 0.6) is 0 Å². The maximum absolute atomic E-state index is 13.3. The standard InChI is InChI=1S/C22H23FN2O3S/c1-15-11-13-25(14-12-15)22-21(29(26,27)18-9-7-17(23)8-10-18)24-20(28-22)19-6-4-3-5-16(19)2/h3-10,15H,11-14H2,1-2H3. The Labute approximate surface area is 170 Å². The molecule has 1 aromatic heterocycles. The number of benzene rings is 2. The highest BCUT2D eigenvalue weighted by atomic mass is 32.2. The van der Waals surface area contributed by atoms with Crippen molar-refractivity contribution in [3.05, 3.63) is 59.9 Å². The Morgan fingerprint density at radius 2 is 1.72 bits per heavy atom. The van der Waals surface area contributed by atoms with Gasteiger partial charge in [0.2, 0.25) is 26.6 Å². The summed E-state index contributed by atoms with van der Waals surface area (Å²) in [4.78, 5) is 6.36. The molecule has 152 valence electrons. The van der Waals surface area contributed by atoms with Gasteiger partial charge < -0.3 is 9.32 Å². The Morgan fingerprint density at radius 1 is 1.07 bits per heavy atom. The highest BCUT2D eigenvalue weighted by Crippen LogP contribution is 2.37. The molecule has 0 spiro atoms. The first kappa shape index (κ1) is 19.6. The van der Waals surface area contributed by atoms with Crippen LogP contribution in [0.1, 0.15) is 25.3 Å². The van der Waals surface area contributed by atoms with Gasteiger partial charge in [-0.15, -0.1) is 0 Å². The summed E-state index contributed by atoms with van der Waals surface area (Å²) < 4.78 is 46.0. The van der Waals surface area contributed by atoms with E-state index in [1.54, 1.807) is 0 Å². The molecule has 1 aliphatic rings. The fraction of sp³-hybridized carbons (Fsp3) is 0.318. The van der Waals surface area contributed by atoms with Crippen LogP contribution in [0.4, 0.5) is 10.3 Å². The van der Waals surface area contributed by atoms with E-state index >= 15 is 0 Å². The summed E-state index contributed by atoms with van der Waals surface area (Å²) >= 11 is 0. The van der Waals surface area contributed by atoms with Crippen molar-refractivity contribution in [2.45, 2.75) is 36.6 Å². The van der Waals surface area contributed by atoms with Gasteiger partial charge in [-0.05, 0) is 61.6 Å². The summed E-state index contributed by atoms with van der Waals surface area (Å²) in [6, 6.07) is 12.3. The molecule has 0 bridgehead atoms. The van der Waals surface area contributed by atoms with Gasteiger partial charge in [0, 0.05) is 18.7 Å². The number of rotatable bonds is 4. The number of hydrogen-bond acceptors (Lipinski definition) is 5. The molecule has 1 aliphatic heterocycles. The molecule has 0 N–H and O–H groups in total. The van der Waals surface area contributed by atoms with Crippen LogP contribution in [-0.2, 0) is 9.84 Å². The molecule has 4 rings (SSSR count). The zero-order chi connectivity index (χ0) is 20.6. The lowest BCUT2D eigenvalue weighted by molar-refractivity contribution is 0.415. The number of nitrogens with zero attached hydrogens (tertiary/aromatic N) is 2. The molecular formula is C22H23FN2O3S. The smallest absolute Gasteiger partial charge is 0.236 e. The molecule has 5 nitrogen and oxygen atoms in total. The third-order valence-corrected chi connectivity index (χ3v) is 7.07. The minimum Gasteiger partial charge on any atom is -0.419 e. The summed E-state index contributed by atoms with van der Waals surface area (Å²) in [6.45, 7) is 5.52. The van der Waals surface area contributed by atoms with Gasteiger partial charge in [0.05, 0.1) is 4.90 Å². The molecule has 7 heteroatoms. The third-order valence-electron chi connectivity index (χ3n) is 5.40. The highest BCUT2D eigenvalue weighted by molar-refractivity contribution is 7.91. The van der Waals surface area contributed by atoms with Gasteiger partial charge >= 0.3 is 0 Å². The minimum atomic E-state index is -3.96. The van der Waals surface area contributed by atoms with Gasteiger partial charge in [0.15, 0.2) is 0 Å². The van der Waals surface area contributed by atoms with E-state index in [2.05, 4.69) is 11.9 Å². The van der Waals surface area contributed by atoms with E-state index in [1.165, 1.54) is 12.1 Å². The quantitative estimate of drug-likeness (QED) is 0.571. The molecular weight excluding hydrogens is 391 g/mol. The highest BCUT2D eigenvalue weighted by Gasteiger charge is 2.32. The van der Waals surface area contributed by atoms with Crippen molar-refractivity contribution >= 4 is 15.7 Å². The molecule has 0 amide bonds. The number of hydrogen-bond donors (Lipinski definition) is 0. The maximum Gasteiger partial charge on any atom is 0.236 e. The van der Waals surface area contributed by atoms with E-state index in [4.69, 9.17) is 4.42 Å². The van der Waals surface area contributed by atoms with E-state index < -0.39 is 15.7 Å². The number of sulfone groups is 1. The Balaban J connectivity index is 1.85. The van der Waals surface area contributed by atoms with Crippen LogP contribution in [-0.4, -0.2) is 26.5 Å². The van der Waals surface area contributed by atoms with E-state index in [9.17, 15) is 12.8 Å². The molecule has 0 atom stereocenters. The Hall–Kier alpha value is -2.67. The first-order chi connectivity index (χ1) is 13.9. The number of piperidine rings is 1. The van der Waals surface area contributed by atoms with Gasteiger partial charge in [-0.3, -0.25) is 0 Å². The summed E-state index contributed by atoms with van der Waals surface area (Å²) in [5.74, 6) is 0.633. The number of aryl methyl sites for hydroxylation is 1. The molecule has 2 heterocycles. The monoisotopic (exact) mass is 414 g/mol. The fourth-order valence-electron chi connectivity index (χ4n) is 3.54. The van der Waals surface area contributed by atoms with Crippen LogP contribution in [0, 0.1) is 18.7 Å². The Kier molecular flexibility index (Phi) is 5.17. The molecule has 0 unspecified atom stereocenters. The Morgan fingerprint density at radius 3 is 2.38 bits per heavy atom. The third kappa shape index (κ3) is 3.79. The van der Waals surface area contributed by atoms with Gasteiger partial charge in [0.25, 0.3) is 0 Å². The van der Waals surface area contributed by atoms with E-state index in [0.29, 0.717) is 19.0 Å². The van der Waals surface area contributed by atoms with Crippen molar-refractivity contribution in [1.29, 1.82) is 0 Å². The summed E-state index contributed by atoms with van der Waals surface area (Å²) in [5, 5.41) is -0.114. The first-order valence-electron chi connectivity index (χ1n) is 9.68. The number of oxazole rings is 1. The second kappa shape index (κ2) is 7.63. The second-order valence-electron chi connectivity index (χ2n) is 7.57. The lowest BCUT2D eigenvalue weighted by atomic mass is 9.99. The SMILES string of the molecule is Cc1ccccc1-c1nc(S(=O)(=O)c2ccc(F)cc2)c(N2CCC(C)CC2)o1. The number of halogens is 1. The van der Waals surface area contributed by atoms with Crippen molar-refractivity contribution in [2.24, 2.45) is 5.92 Å². The number of aromatic nitrogens is 1. The predicted octanol–water partition coefficient (Wildman–Crippen LogP) is 4.86. The largest absolute Gasteiger partial charge is 0.419 e. The summed E-state index contributed by atoms with van der Waals surface area (Å²) in [7, 11) is -3.96. The summed E-state index contributed by atoms with van der Waals surface area (Å²) in [5.41, 5.74) is 1.69. The Bertz CT molecular complexity index is 1120. The first-order valence-corrected chi connectivity index (χ1v) is 11.2. The maximum atomic E-state index is 13.3. The topological polar surface area (TPSA) is 63.4 Å². The molecule has 0 radical (unpaired) electrons. The molecule has 3 aromatic rings. The van der Waals surface area contributed by atoms with Crippen molar-refractivity contribution in [2.75, 3.05) is 18.0 Å². The van der Waals surface area contributed by atoms with Crippen LogP contribution < -0.4 is 4.90 Å². The van der Waals surface area contributed by atoms with Gasteiger partial charge in [-0.25, -0.2) is 12.8 Å². The molecule has 2 aromatic carbocycles. The van der Waals surface area contributed by atoms with Crippen LogP contribution >= 0.6 is 0 Å². The van der Waals surface area contributed by atoms with Crippen LogP contribution in [0.3, 0.4) is 0 Å². The molecule has 1 saturated heterocycles. The normalized spacial score (nSPS) is 15.6. The predicted molar refractivity (Wildman–Crippen MR) is 109 cm³/mol. The van der Waals surface area contributed by atoms with Crippen molar-refractivity contribution in [3.63, 3.8) is 0 Å². The van der Waals surface area contributed by atoms with Gasteiger partial charge in [-0.2, -0.15) is 4.98 Å². The lowest BCUT2D eigenvalue weighted by Gasteiger charge is -2.30. The van der Waals surface area contributed by atoms with Gasteiger partial charge in [0.1, 0.15) is 5.82 Å². The zero-order valence-corrected chi connectivity index (χ0v) is 17.2. The van der Waals surface area contributed by atoms with Crippen molar-refractivity contribution in [3.8, 4) is 11.5 Å². The molecule has 0 saturated carbocycles. The molecule has 29 heavy (non-hydrogen) atoms. The summed E-state index contributed by atoms with van der Waals surface area (Å²) in [6.07, 6.45) is 1.91. The second-order valence-corrected chi connectivity index (χ2v) is 9.44. The zero-order valence-electron chi connectivity index (χ0n) is 16.4. The average molecular weight is 415 g/mol. The van der Waals surface area contributed by atoms with E-state index in [0.717, 1.165) is 36.1 Å². The fourth-order valence-corrected chi connectivity index (χ4v) is 4.86. The van der Waals surface area contributed by atoms with Crippen LogP contribution in [0.15, 0.2) is 62.9 Å². The van der Waals surface area contributed by atoms with Gasteiger partial charge in [-0.1, -0.05) is 25.1 Å². The van der Waals surface area contributed by atoms with Crippen LogP contribution in [0.25, 0.3) is 11.5 Å². The van der Waals surface area contributed by atoms with Crippen molar-refractivity contribution in [1.82, 2.24) is 4.98 Å². The average Bonchev–Trinajstić information content (AvgIpc) is 3.15. The van der Waals surface area contributed by atoms with Crippen molar-refractivity contribution < 1.29 is 17.2 Å². The molecule has 1 fully saturated rings. The molecule has 0 aliphatic carbocycles.